The van der Waals surface area contributed by atoms with Gasteiger partial charge in [0.05, 0.1) is 13.2 Å². The van der Waals surface area contributed by atoms with E-state index in [-0.39, 0.29) is 6.61 Å². The minimum Gasteiger partial charge on any atom is -0.461 e. The van der Waals surface area contributed by atoms with Gasteiger partial charge in [0.15, 0.2) is 6.10 Å². The largest absolute Gasteiger partial charge is 0.461 e. The molecule has 0 aliphatic rings. The number of ether oxygens (including phenoxy) is 3. The lowest BCUT2D eigenvalue weighted by Gasteiger charge is -2.18. The SMILES string of the molecule is C=CCOCC(COC(=O)CC(F)(F)F)OC(=O)CC(F)(F)F. The highest BCUT2D eigenvalue weighted by atomic mass is 19.4. The number of hydrogen-bond donors (Lipinski definition) is 0. The molecule has 0 radical (unpaired) electrons. The van der Waals surface area contributed by atoms with Gasteiger partial charge in [0.25, 0.3) is 0 Å². The quantitative estimate of drug-likeness (QED) is 0.276. The van der Waals surface area contributed by atoms with Crippen molar-refractivity contribution in [3.63, 3.8) is 0 Å². The number of carbonyl (C=O) groups is 2. The van der Waals surface area contributed by atoms with Gasteiger partial charge in [-0.1, -0.05) is 6.08 Å². The first kappa shape index (κ1) is 21.2. The van der Waals surface area contributed by atoms with E-state index in [2.05, 4.69) is 16.1 Å². The van der Waals surface area contributed by atoms with E-state index in [4.69, 9.17) is 4.74 Å². The Hall–Kier alpha value is -1.78. The zero-order chi connectivity index (χ0) is 18.1. The second kappa shape index (κ2) is 9.38. The van der Waals surface area contributed by atoms with Crippen LogP contribution < -0.4 is 0 Å². The molecule has 0 aliphatic heterocycles. The van der Waals surface area contributed by atoms with Gasteiger partial charge in [0.2, 0.25) is 0 Å². The standard InChI is InChI=1S/C12H14F6O5/c1-2-3-21-6-8(23-10(20)5-12(16,17)18)7-22-9(19)4-11(13,14)15/h2,8H,1,3-7H2. The lowest BCUT2D eigenvalue weighted by atomic mass is 10.3. The first-order chi connectivity index (χ1) is 10.4. The maximum absolute atomic E-state index is 12.0. The van der Waals surface area contributed by atoms with E-state index < -0.39 is 56.5 Å². The molecule has 23 heavy (non-hydrogen) atoms. The summed E-state index contributed by atoms with van der Waals surface area (Å²) in [5.41, 5.74) is 0. The van der Waals surface area contributed by atoms with Crippen molar-refractivity contribution in [1.82, 2.24) is 0 Å². The molecule has 0 bridgehead atoms. The van der Waals surface area contributed by atoms with Gasteiger partial charge in [0.1, 0.15) is 19.4 Å². The average Bonchev–Trinajstić information content (AvgIpc) is 2.31. The molecule has 0 aliphatic carbocycles. The Morgan fingerprint density at radius 1 is 0.957 bits per heavy atom. The summed E-state index contributed by atoms with van der Waals surface area (Å²) in [6.07, 6.45) is -13.5. The van der Waals surface area contributed by atoms with E-state index in [9.17, 15) is 35.9 Å². The molecule has 1 atom stereocenters. The maximum atomic E-state index is 12.0. The molecule has 0 amide bonds. The number of hydrogen-bond acceptors (Lipinski definition) is 5. The van der Waals surface area contributed by atoms with Crippen LogP contribution in [0.5, 0.6) is 0 Å². The molecule has 5 nitrogen and oxygen atoms in total. The normalized spacial score (nSPS) is 13.3. The van der Waals surface area contributed by atoms with Crippen LogP contribution in [0.25, 0.3) is 0 Å². The number of carbonyl (C=O) groups excluding carboxylic acids is 2. The van der Waals surface area contributed by atoms with E-state index in [1.807, 2.05) is 0 Å². The van der Waals surface area contributed by atoms with Crippen molar-refractivity contribution >= 4 is 11.9 Å². The summed E-state index contributed by atoms with van der Waals surface area (Å²) in [5.74, 6) is -3.32. The Kier molecular flexibility index (Phi) is 8.65. The number of rotatable bonds is 9. The van der Waals surface area contributed by atoms with Crippen LogP contribution in [0.1, 0.15) is 12.8 Å². The van der Waals surface area contributed by atoms with Gasteiger partial charge in [-0.05, 0) is 0 Å². The molecule has 0 saturated carbocycles. The van der Waals surface area contributed by atoms with Crippen molar-refractivity contribution in [2.45, 2.75) is 31.3 Å². The summed E-state index contributed by atoms with van der Waals surface area (Å²) in [7, 11) is 0. The van der Waals surface area contributed by atoms with Crippen LogP contribution in [0.4, 0.5) is 26.3 Å². The minimum atomic E-state index is -4.81. The fourth-order valence-electron chi connectivity index (χ4n) is 1.19. The van der Waals surface area contributed by atoms with Crippen molar-refractivity contribution in [2.24, 2.45) is 0 Å². The lowest BCUT2D eigenvalue weighted by molar-refractivity contribution is -0.186. The maximum Gasteiger partial charge on any atom is 0.399 e. The summed E-state index contributed by atoms with van der Waals surface area (Å²) in [6, 6.07) is 0. The Bertz CT molecular complexity index is 404. The Balaban J connectivity index is 4.47. The van der Waals surface area contributed by atoms with E-state index in [1.165, 1.54) is 6.08 Å². The summed E-state index contributed by atoms with van der Waals surface area (Å²) >= 11 is 0. The highest BCUT2D eigenvalue weighted by Gasteiger charge is 2.34. The van der Waals surface area contributed by atoms with Gasteiger partial charge >= 0.3 is 24.3 Å². The first-order valence-electron chi connectivity index (χ1n) is 6.10. The van der Waals surface area contributed by atoms with Crippen molar-refractivity contribution < 1.29 is 50.1 Å². The van der Waals surface area contributed by atoms with Crippen LogP contribution in [0.3, 0.4) is 0 Å². The average molecular weight is 352 g/mol. The minimum absolute atomic E-state index is 0.0518. The molecule has 0 saturated heterocycles. The second-order valence-corrected chi connectivity index (χ2v) is 4.20. The molecule has 0 aromatic heterocycles. The molecule has 0 spiro atoms. The molecule has 0 N–H and O–H groups in total. The molecular formula is C12H14F6O5. The molecule has 0 aromatic carbocycles. The molecule has 11 heteroatoms. The topological polar surface area (TPSA) is 61.8 Å². The van der Waals surface area contributed by atoms with E-state index in [0.717, 1.165) is 0 Å². The molecule has 1 unspecified atom stereocenters. The zero-order valence-corrected chi connectivity index (χ0v) is 11.7. The smallest absolute Gasteiger partial charge is 0.399 e. The van der Waals surface area contributed by atoms with Gasteiger partial charge < -0.3 is 14.2 Å². The monoisotopic (exact) mass is 352 g/mol. The predicted octanol–water partition coefficient (Wildman–Crippen LogP) is 2.55. The number of esters is 2. The highest BCUT2D eigenvalue weighted by molar-refractivity contribution is 5.71. The molecule has 134 valence electrons. The third-order valence-electron chi connectivity index (χ3n) is 1.96. The van der Waals surface area contributed by atoms with Crippen molar-refractivity contribution in [3.05, 3.63) is 12.7 Å². The third-order valence-corrected chi connectivity index (χ3v) is 1.96. The molecule has 0 aromatic rings. The van der Waals surface area contributed by atoms with Gasteiger partial charge in [-0.25, -0.2) is 0 Å². The summed E-state index contributed by atoms with van der Waals surface area (Å²) in [4.78, 5) is 21.9. The highest BCUT2D eigenvalue weighted by Crippen LogP contribution is 2.21. The number of alkyl halides is 6. The Morgan fingerprint density at radius 3 is 1.96 bits per heavy atom. The molecule has 0 heterocycles. The van der Waals surface area contributed by atoms with Gasteiger partial charge in [0, 0.05) is 0 Å². The van der Waals surface area contributed by atoms with Crippen LogP contribution in [0.2, 0.25) is 0 Å². The van der Waals surface area contributed by atoms with Crippen LogP contribution in [0, 0.1) is 0 Å². The molecular weight excluding hydrogens is 338 g/mol. The van der Waals surface area contributed by atoms with Crippen LogP contribution in [0.15, 0.2) is 12.7 Å². The Morgan fingerprint density at radius 2 is 1.48 bits per heavy atom. The summed E-state index contributed by atoms with van der Waals surface area (Å²) in [5, 5.41) is 0. The summed E-state index contributed by atoms with van der Waals surface area (Å²) in [6.45, 7) is 1.90. The molecule has 0 rings (SSSR count). The van der Waals surface area contributed by atoms with Crippen molar-refractivity contribution in [3.8, 4) is 0 Å². The lowest BCUT2D eigenvalue weighted by Crippen LogP contribution is -2.32. The second-order valence-electron chi connectivity index (χ2n) is 4.20. The van der Waals surface area contributed by atoms with Gasteiger partial charge in [-0.3, -0.25) is 9.59 Å². The van der Waals surface area contributed by atoms with Gasteiger partial charge in [-0.15, -0.1) is 6.58 Å². The predicted molar refractivity (Wildman–Crippen MR) is 63.2 cm³/mol. The third kappa shape index (κ3) is 13.6. The zero-order valence-electron chi connectivity index (χ0n) is 11.7. The van der Waals surface area contributed by atoms with E-state index >= 15 is 0 Å². The first-order valence-corrected chi connectivity index (χ1v) is 6.10. The number of halogens is 6. The van der Waals surface area contributed by atoms with Crippen LogP contribution >= 0.6 is 0 Å². The van der Waals surface area contributed by atoms with Crippen LogP contribution in [-0.2, 0) is 23.8 Å². The summed E-state index contributed by atoms with van der Waals surface area (Å²) < 4.78 is 85.2. The van der Waals surface area contributed by atoms with Crippen molar-refractivity contribution in [1.29, 1.82) is 0 Å². The fraction of sp³-hybridized carbons (Fsp3) is 0.667. The molecule has 0 fully saturated rings. The van der Waals surface area contributed by atoms with Gasteiger partial charge in [-0.2, -0.15) is 26.3 Å². The van der Waals surface area contributed by atoms with Crippen LogP contribution in [-0.4, -0.2) is 50.2 Å². The van der Waals surface area contributed by atoms with E-state index in [1.54, 1.807) is 0 Å². The fourth-order valence-corrected chi connectivity index (χ4v) is 1.19. The Labute approximate surface area is 127 Å². The van der Waals surface area contributed by atoms with Crippen molar-refractivity contribution in [2.75, 3.05) is 19.8 Å². The van der Waals surface area contributed by atoms with E-state index in [0.29, 0.717) is 0 Å².